The summed E-state index contributed by atoms with van der Waals surface area (Å²) in [5.74, 6) is 0.907. The Balaban J connectivity index is 3.36. The van der Waals surface area contributed by atoms with Crippen LogP contribution in [-0.4, -0.2) is 50.7 Å². The van der Waals surface area contributed by atoms with E-state index in [1.807, 2.05) is 20.9 Å². The van der Waals surface area contributed by atoms with Gasteiger partial charge in [-0.05, 0) is 12.5 Å². The van der Waals surface area contributed by atoms with Crippen LogP contribution >= 0.6 is 0 Å². The first-order valence-electron chi connectivity index (χ1n) is 6.48. The van der Waals surface area contributed by atoms with E-state index in [2.05, 4.69) is 19.2 Å². The molecule has 0 heterocycles. The van der Waals surface area contributed by atoms with Crippen molar-refractivity contribution in [2.75, 3.05) is 39.9 Å². The van der Waals surface area contributed by atoms with E-state index in [9.17, 15) is 4.79 Å². The molecule has 1 N–H and O–H groups in total. The van der Waals surface area contributed by atoms with Gasteiger partial charge in [0.1, 0.15) is 0 Å². The molecular formula is C13H28N2O2. The smallest absolute Gasteiger partial charge is 0.224 e. The first kappa shape index (κ1) is 16.4. The molecule has 0 aromatic rings. The van der Waals surface area contributed by atoms with Crippen LogP contribution in [0.5, 0.6) is 0 Å². The fraction of sp³-hybridized carbons (Fsp3) is 0.923. The van der Waals surface area contributed by atoms with Gasteiger partial charge in [0.05, 0.1) is 13.2 Å². The van der Waals surface area contributed by atoms with Gasteiger partial charge < -0.3 is 15.0 Å². The summed E-state index contributed by atoms with van der Waals surface area (Å²) in [4.78, 5) is 13.3. The zero-order chi connectivity index (χ0) is 13.3. The molecule has 0 aliphatic rings. The first-order valence-corrected chi connectivity index (χ1v) is 6.48. The second-order valence-electron chi connectivity index (χ2n) is 5.12. The highest BCUT2D eigenvalue weighted by molar-refractivity contribution is 5.77. The summed E-state index contributed by atoms with van der Waals surface area (Å²) >= 11 is 0. The molecule has 0 radical (unpaired) electrons. The van der Waals surface area contributed by atoms with Crippen LogP contribution in [0.1, 0.15) is 27.7 Å². The molecule has 0 rings (SSSR count). The van der Waals surface area contributed by atoms with Crippen LogP contribution in [0.15, 0.2) is 0 Å². The van der Waals surface area contributed by atoms with Crippen molar-refractivity contribution in [3.8, 4) is 0 Å². The fourth-order valence-electron chi connectivity index (χ4n) is 1.39. The number of nitrogens with one attached hydrogen (secondary N) is 1. The third-order valence-corrected chi connectivity index (χ3v) is 2.42. The Morgan fingerprint density at radius 2 is 1.88 bits per heavy atom. The highest BCUT2D eigenvalue weighted by Crippen LogP contribution is 1.98. The number of nitrogens with zero attached hydrogens (tertiary/aromatic N) is 1. The number of carbonyl (C=O) groups excluding carboxylic acids is 1. The molecule has 0 unspecified atom stereocenters. The lowest BCUT2D eigenvalue weighted by molar-refractivity contribution is -0.133. The number of amides is 1. The molecule has 0 aliphatic carbocycles. The molecule has 0 fully saturated rings. The number of likely N-dealkylation sites (N-methyl/N-ethyl adjacent to an activating group) is 1. The monoisotopic (exact) mass is 244 g/mol. The predicted octanol–water partition coefficient (Wildman–Crippen LogP) is 1.36. The Kier molecular flexibility index (Phi) is 9.09. The molecule has 4 nitrogen and oxygen atoms in total. The lowest BCUT2D eigenvalue weighted by Gasteiger charge is -2.19. The van der Waals surface area contributed by atoms with Crippen LogP contribution in [0.3, 0.4) is 0 Å². The summed E-state index contributed by atoms with van der Waals surface area (Å²) in [6.45, 7) is 12.1. The minimum Gasteiger partial charge on any atom is -0.378 e. The molecule has 102 valence electrons. The number of hydrogen-bond donors (Lipinski definition) is 1. The van der Waals surface area contributed by atoms with Crippen LogP contribution in [0.25, 0.3) is 0 Å². The van der Waals surface area contributed by atoms with Gasteiger partial charge in [-0.25, -0.2) is 0 Å². The minimum absolute atomic E-state index is 0.0627. The number of ether oxygens (including phenoxy) is 1. The molecule has 0 atom stereocenters. The van der Waals surface area contributed by atoms with Crippen molar-refractivity contribution < 1.29 is 9.53 Å². The topological polar surface area (TPSA) is 41.6 Å². The van der Waals surface area contributed by atoms with Gasteiger partial charge in [0.2, 0.25) is 5.91 Å². The number of carbonyl (C=O) groups is 1. The Labute approximate surface area is 106 Å². The van der Waals surface area contributed by atoms with Gasteiger partial charge in [0, 0.05) is 26.1 Å². The van der Waals surface area contributed by atoms with Gasteiger partial charge in [0.25, 0.3) is 0 Å². The standard InChI is InChI=1S/C13H28N2O2/c1-11(2)10-14-6-8-17-9-7-15(5)13(16)12(3)4/h11-12,14H,6-10H2,1-5H3. The Hall–Kier alpha value is -0.610. The lowest BCUT2D eigenvalue weighted by atomic mass is 10.2. The van der Waals surface area contributed by atoms with E-state index in [1.165, 1.54) is 0 Å². The zero-order valence-electron chi connectivity index (χ0n) is 12.0. The third kappa shape index (κ3) is 9.12. The summed E-state index contributed by atoms with van der Waals surface area (Å²) in [6.07, 6.45) is 0. The van der Waals surface area contributed by atoms with Gasteiger partial charge in [-0.3, -0.25) is 4.79 Å². The van der Waals surface area contributed by atoms with Gasteiger partial charge in [0.15, 0.2) is 0 Å². The van der Waals surface area contributed by atoms with Crippen molar-refractivity contribution in [1.82, 2.24) is 10.2 Å². The average Bonchev–Trinajstić information content (AvgIpc) is 2.25. The van der Waals surface area contributed by atoms with Crippen LogP contribution < -0.4 is 5.32 Å². The largest absolute Gasteiger partial charge is 0.378 e. The fourth-order valence-corrected chi connectivity index (χ4v) is 1.39. The van der Waals surface area contributed by atoms with Crippen LogP contribution in [-0.2, 0) is 9.53 Å². The quantitative estimate of drug-likeness (QED) is 0.623. The van der Waals surface area contributed by atoms with Gasteiger partial charge >= 0.3 is 0 Å². The molecule has 0 aliphatic heterocycles. The molecule has 17 heavy (non-hydrogen) atoms. The summed E-state index contributed by atoms with van der Waals surface area (Å²) in [5, 5.41) is 3.31. The molecule has 0 spiro atoms. The van der Waals surface area contributed by atoms with E-state index in [0.29, 0.717) is 25.7 Å². The van der Waals surface area contributed by atoms with Crippen molar-refractivity contribution in [1.29, 1.82) is 0 Å². The van der Waals surface area contributed by atoms with Crippen molar-refractivity contribution in [2.45, 2.75) is 27.7 Å². The van der Waals surface area contributed by atoms with Crippen molar-refractivity contribution >= 4 is 5.91 Å². The van der Waals surface area contributed by atoms with Gasteiger partial charge in [-0.15, -0.1) is 0 Å². The van der Waals surface area contributed by atoms with E-state index in [1.54, 1.807) is 4.90 Å². The highest BCUT2D eigenvalue weighted by Gasteiger charge is 2.11. The molecular weight excluding hydrogens is 216 g/mol. The molecule has 0 aromatic heterocycles. The van der Waals surface area contributed by atoms with Gasteiger partial charge in [-0.2, -0.15) is 0 Å². The second-order valence-corrected chi connectivity index (χ2v) is 5.12. The number of hydrogen-bond acceptors (Lipinski definition) is 3. The van der Waals surface area contributed by atoms with E-state index < -0.39 is 0 Å². The molecule has 0 bridgehead atoms. The molecule has 0 saturated carbocycles. The van der Waals surface area contributed by atoms with Crippen LogP contribution in [0.4, 0.5) is 0 Å². The first-order chi connectivity index (χ1) is 7.95. The maximum atomic E-state index is 11.5. The Morgan fingerprint density at radius 3 is 2.41 bits per heavy atom. The van der Waals surface area contributed by atoms with E-state index >= 15 is 0 Å². The van der Waals surface area contributed by atoms with Crippen LogP contribution in [0.2, 0.25) is 0 Å². The predicted molar refractivity (Wildman–Crippen MR) is 71.0 cm³/mol. The maximum Gasteiger partial charge on any atom is 0.224 e. The van der Waals surface area contributed by atoms with E-state index in [0.717, 1.165) is 13.1 Å². The summed E-state index contributed by atoms with van der Waals surface area (Å²) in [5.41, 5.74) is 0. The zero-order valence-corrected chi connectivity index (χ0v) is 12.0. The number of rotatable bonds is 9. The molecule has 4 heteroatoms. The van der Waals surface area contributed by atoms with Crippen molar-refractivity contribution in [3.63, 3.8) is 0 Å². The second kappa shape index (κ2) is 9.42. The SMILES string of the molecule is CC(C)CNCCOCCN(C)C(=O)C(C)C. The molecule has 1 amide bonds. The third-order valence-electron chi connectivity index (χ3n) is 2.42. The van der Waals surface area contributed by atoms with Crippen LogP contribution in [0, 0.1) is 11.8 Å². The molecule has 0 saturated heterocycles. The van der Waals surface area contributed by atoms with E-state index in [4.69, 9.17) is 4.74 Å². The van der Waals surface area contributed by atoms with Gasteiger partial charge in [-0.1, -0.05) is 27.7 Å². The Bertz CT molecular complexity index is 206. The van der Waals surface area contributed by atoms with E-state index in [-0.39, 0.29) is 11.8 Å². The highest BCUT2D eigenvalue weighted by atomic mass is 16.5. The van der Waals surface area contributed by atoms with Crippen molar-refractivity contribution in [3.05, 3.63) is 0 Å². The normalized spacial score (nSPS) is 11.2. The maximum absolute atomic E-state index is 11.5. The summed E-state index contributed by atoms with van der Waals surface area (Å²) in [7, 11) is 1.82. The molecule has 0 aromatic carbocycles. The lowest BCUT2D eigenvalue weighted by Crippen LogP contribution is -2.33. The summed E-state index contributed by atoms with van der Waals surface area (Å²) < 4.78 is 5.46. The average molecular weight is 244 g/mol. The summed E-state index contributed by atoms with van der Waals surface area (Å²) in [6, 6.07) is 0. The minimum atomic E-state index is 0.0627. The Morgan fingerprint density at radius 1 is 1.24 bits per heavy atom. The van der Waals surface area contributed by atoms with Crippen molar-refractivity contribution in [2.24, 2.45) is 11.8 Å².